The molecule has 3 heterocycles. The fourth-order valence-electron chi connectivity index (χ4n) is 2.87. The second-order valence-electron chi connectivity index (χ2n) is 6.07. The summed E-state index contributed by atoms with van der Waals surface area (Å²) < 4.78 is 7.94. The number of hydrogen-bond donors (Lipinski definition) is 1. The predicted octanol–water partition coefficient (Wildman–Crippen LogP) is 2.24. The molecule has 2 aromatic heterocycles. The lowest BCUT2D eigenvalue weighted by Crippen LogP contribution is -2.31. The molecule has 3 aromatic rings. The first-order valence-electron chi connectivity index (χ1n) is 7.30. The zero-order valence-electron chi connectivity index (χ0n) is 13.1. The second kappa shape index (κ2) is 4.52. The summed E-state index contributed by atoms with van der Waals surface area (Å²) in [5.74, 6) is 1.02. The SMILES string of the molecule is Cc1cnnn1-c1ccc2c(c1)OC(C)(C)c1nc(N)ncc1-2. The van der Waals surface area contributed by atoms with Crippen LogP contribution in [0.4, 0.5) is 5.95 Å². The molecule has 116 valence electrons. The van der Waals surface area contributed by atoms with Gasteiger partial charge in [-0.1, -0.05) is 5.21 Å². The number of rotatable bonds is 1. The number of hydrogen-bond acceptors (Lipinski definition) is 6. The van der Waals surface area contributed by atoms with Gasteiger partial charge in [0, 0.05) is 23.4 Å². The highest BCUT2D eigenvalue weighted by Gasteiger charge is 2.35. The van der Waals surface area contributed by atoms with E-state index in [9.17, 15) is 0 Å². The molecular weight excluding hydrogens is 292 g/mol. The topological polar surface area (TPSA) is 91.7 Å². The number of fused-ring (bicyclic) bond motifs is 3. The van der Waals surface area contributed by atoms with Crippen LogP contribution in [0.5, 0.6) is 5.75 Å². The van der Waals surface area contributed by atoms with Crippen molar-refractivity contribution in [3.63, 3.8) is 0 Å². The molecule has 0 atom stereocenters. The van der Waals surface area contributed by atoms with Gasteiger partial charge in [0.1, 0.15) is 11.4 Å². The zero-order valence-corrected chi connectivity index (χ0v) is 13.1. The molecule has 1 aliphatic rings. The molecule has 0 saturated heterocycles. The number of aryl methyl sites for hydroxylation is 1. The Morgan fingerprint density at radius 1 is 1.17 bits per heavy atom. The molecule has 1 aromatic carbocycles. The molecular formula is C16H16N6O. The molecule has 0 radical (unpaired) electrons. The highest BCUT2D eigenvalue weighted by molar-refractivity contribution is 5.76. The van der Waals surface area contributed by atoms with Crippen LogP contribution >= 0.6 is 0 Å². The minimum atomic E-state index is -0.588. The van der Waals surface area contributed by atoms with E-state index in [0.29, 0.717) is 0 Å². The smallest absolute Gasteiger partial charge is 0.220 e. The first-order chi connectivity index (χ1) is 11.0. The summed E-state index contributed by atoms with van der Waals surface area (Å²) in [6.45, 7) is 5.89. The summed E-state index contributed by atoms with van der Waals surface area (Å²) in [6, 6.07) is 5.92. The Hall–Kier alpha value is -2.96. The van der Waals surface area contributed by atoms with Crippen LogP contribution in [-0.2, 0) is 5.60 Å². The van der Waals surface area contributed by atoms with Crippen molar-refractivity contribution in [3.05, 3.63) is 42.0 Å². The van der Waals surface area contributed by atoms with Crippen LogP contribution in [0.1, 0.15) is 25.2 Å². The van der Waals surface area contributed by atoms with Crippen molar-refractivity contribution in [2.24, 2.45) is 0 Å². The van der Waals surface area contributed by atoms with Gasteiger partial charge in [-0.3, -0.25) is 0 Å². The molecule has 2 N–H and O–H groups in total. The van der Waals surface area contributed by atoms with E-state index in [1.54, 1.807) is 17.1 Å². The number of ether oxygens (including phenoxy) is 1. The van der Waals surface area contributed by atoms with Crippen LogP contribution in [0.25, 0.3) is 16.8 Å². The van der Waals surface area contributed by atoms with E-state index in [1.807, 2.05) is 39.0 Å². The van der Waals surface area contributed by atoms with Gasteiger partial charge in [0.15, 0.2) is 0 Å². The van der Waals surface area contributed by atoms with Gasteiger partial charge in [-0.25, -0.2) is 14.6 Å². The molecule has 7 heteroatoms. The van der Waals surface area contributed by atoms with Crippen LogP contribution in [0.3, 0.4) is 0 Å². The average Bonchev–Trinajstić information content (AvgIpc) is 2.93. The number of aromatic nitrogens is 5. The Morgan fingerprint density at radius 2 is 2.00 bits per heavy atom. The Labute approximate surface area is 133 Å². The minimum Gasteiger partial charge on any atom is -0.481 e. The second-order valence-corrected chi connectivity index (χ2v) is 6.07. The molecule has 0 unspecified atom stereocenters. The number of nitrogens with two attached hydrogens (primary N) is 1. The predicted molar refractivity (Wildman–Crippen MR) is 85.2 cm³/mol. The molecule has 0 spiro atoms. The van der Waals surface area contributed by atoms with Gasteiger partial charge in [0.25, 0.3) is 0 Å². The lowest BCUT2D eigenvalue weighted by Gasteiger charge is -2.33. The van der Waals surface area contributed by atoms with Gasteiger partial charge in [0.05, 0.1) is 23.3 Å². The van der Waals surface area contributed by atoms with E-state index in [-0.39, 0.29) is 5.95 Å². The van der Waals surface area contributed by atoms with Crippen molar-refractivity contribution in [3.8, 4) is 22.6 Å². The summed E-state index contributed by atoms with van der Waals surface area (Å²) >= 11 is 0. The number of benzene rings is 1. The first-order valence-corrected chi connectivity index (χ1v) is 7.30. The minimum absolute atomic E-state index is 0.249. The van der Waals surface area contributed by atoms with Crippen LogP contribution < -0.4 is 10.5 Å². The largest absolute Gasteiger partial charge is 0.481 e. The van der Waals surface area contributed by atoms with Crippen LogP contribution in [0.15, 0.2) is 30.6 Å². The highest BCUT2D eigenvalue weighted by Crippen LogP contribution is 2.44. The lowest BCUT2D eigenvalue weighted by atomic mass is 9.91. The Morgan fingerprint density at radius 3 is 2.74 bits per heavy atom. The maximum Gasteiger partial charge on any atom is 0.220 e. The number of anilines is 1. The van der Waals surface area contributed by atoms with Gasteiger partial charge < -0.3 is 10.5 Å². The van der Waals surface area contributed by atoms with Crippen molar-refractivity contribution >= 4 is 5.95 Å². The summed E-state index contributed by atoms with van der Waals surface area (Å²) in [7, 11) is 0. The highest BCUT2D eigenvalue weighted by atomic mass is 16.5. The quantitative estimate of drug-likeness (QED) is 0.741. The summed E-state index contributed by atoms with van der Waals surface area (Å²) in [4.78, 5) is 8.49. The molecule has 0 bridgehead atoms. The summed E-state index contributed by atoms with van der Waals surface area (Å²) in [5, 5.41) is 8.02. The third-order valence-corrected chi connectivity index (χ3v) is 3.96. The van der Waals surface area contributed by atoms with Crippen molar-refractivity contribution in [2.75, 3.05) is 5.73 Å². The molecule has 0 saturated carbocycles. The van der Waals surface area contributed by atoms with Crippen molar-refractivity contribution in [2.45, 2.75) is 26.4 Å². The zero-order chi connectivity index (χ0) is 16.2. The lowest BCUT2D eigenvalue weighted by molar-refractivity contribution is 0.101. The van der Waals surface area contributed by atoms with E-state index in [2.05, 4.69) is 20.3 Å². The first kappa shape index (κ1) is 13.7. The fourth-order valence-corrected chi connectivity index (χ4v) is 2.87. The third-order valence-electron chi connectivity index (χ3n) is 3.96. The third kappa shape index (κ3) is 2.04. The van der Waals surface area contributed by atoms with Crippen LogP contribution in [0, 0.1) is 6.92 Å². The molecule has 7 nitrogen and oxygen atoms in total. The maximum absolute atomic E-state index is 6.17. The van der Waals surface area contributed by atoms with E-state index in [1.165, 1.54) is 0 Å². The number of nitrogens with zero attached hydrogens (tertiary/aromatic N) is 5. The summed E-state index contributed by atoms with van der Waals surface area (Å²) in [5.41, 5.74) is 9.67. The fraction of sp³-hybridized carbons (Fsp3) is 0.250. The van der Waals surface area contributed by atoms with E-state index in [4.69, 9.17) is 10.5 Å². The van der Waals surface area contributed by atoms with Crippen molar-refractivity contribution in [1.29, 1.82) is 0 Å². The average molecular weight is 308 g/mol. The van der Waals surface area contributed by atoms with Crippen LogP contribution in [0.2, 0.25) is 0 Å². The monoisotopic (exact) mass is 308 g/mol. The van der Waals surface area contributed by atoms with Gasteiger partial charge in [-0.2, -0.15) is 0 Å². The molecule has 0 amide bonds. The van der Waals surface area contributed by atoms with Gasteiger partial charge in [0.2, 0.25) is 5.95 Å². The van der Waals surface area contributed by atoms with Crippen molar-refractivity contribution < 1.29 is 4.74 Å². The van der Waals surface area contributed by atoms with Gasteiger partial charge in [-0.05, 0) is 32.9 Å². The molecule has 4 rings (SSSR count). The Balaban J connectivity index is 1.91. The van der Waals surface area contributed by atoms with E-state index >= 15 is 0 Å². The molecule has 1 aliphatic heterocycles. The molecule has 0 aliphatic carbocycles. The van der Waals surface area contributed by atoms with Crippen molar-refractivity contribution in [1.82, 2.24) is 25.0 Å². The van der Waals surface area contributed by atoms with E-state index in [0.717, 1.165) is 34.0 Å². The Kier molecular flexibility index (Phi) is 2.69. The normalized spacial score (nSPS) is 14.7. The maximum atomic E-state index is 6.17. The van der Waals surface area contributed by atoms with E-state index < -0.39 is 5.60 Å². The van der Waals surface area contributed by atoms with Gasteiger partial charge in [-0.15, -0.1) is 5.10 Å². The van der Waals surface area contributed by atoms with Crippen LogP contribution in [-0.4, -0.2) is 25.0 Å². The van der Waals surface area contributed by atoms with Gasteiger partial charge >= 0.3 is 0 Å². The molecule has 0 fully saturated rings. The Bertz CT molecular complexity index is 915. The summed E-state index contributed by atoms with van der Waals surface area (Å²) in [6.07, 6.45) is 3.47. The standard InChI is InChI=1S/C16H16N6O/c1-9-7-19-21-22(9)10-4-5-11-12-8-18-15(17)20-14(12)16(2,3)23-13(11)6-10/h4-8H,1-3H3,(H2,17,18,20). The molecule has 23 heavy (non-hydrogen) atoms. The number of nitrogen functional groups attached to an aromatic ring is 1.